The first-order valence-electron chi connectivity index (χ1n) is 5.65. The Morgan fingerprint density at radius 2 is 1.60 bits per heavy atom. The number of alkyl halides is 3. The van der Waals surface area contributed by atoms with Crippen LogP contribution in [0.15, 0.2) is 12.1 Å². The standard InChI is InChI=1S/C12H13F3N2O3/c1-11(12(13,14)15)10(18)16-6-4-8(19-2)9(20-3)5-7(6)17-11/h4-5,17H,1-3H3,(H,16,18). The number of ether oxygens (including phenoxy) is 2. The van der Waals surface area contributed by atoms with Crippen molar-refractivity contribution in [3.63, 3.8) is 0 Å². The van der Waals surface area contributed by atoms with E-state index in [1.807, 2.05) is 0 Å². The van der Waals surface area contributed by atoms with E-state index < -0.39 is 17.6 Å². The van der Waals surface area contributed by atoms with Crippen LogP contribution in [0.5, 0.6) is 11.5 Å². The normalized spacial score (nSPS) is 21.6. The maximum Gasteiger partial charge on any atom is 0.420 e. The fraction of sp³-hybridized carbons (Fsp3) is 0.417. The smallest absolute Gasteiger partial charge is 0.420 e. The van der Waals surface area contributed by atoms with E-state index in [2.05, 4.69) is 10.6 Å². The summed E-state index contributed by atoms with van der Waals surface area (Å²) < 4.78 is 49.1. The molecule has 0 aliphatic carbocycles. The average Bonchev–Trinajstić information content (AvgIpc) is 2.37. The molecular weight excluding hydrogens is 277 g/mol. The second-order valence-corrected chi connectivity index (χ2v) is 4.45. The second kappa shape index (κ2) is 4.46. The Kier molecular flexibility index (Phi) is 3.19. The Hall–Kier alpha value is -2.12. The van der Waals surface area contributed by atoms with Crippen molar-refractivity contribution in [1.82, 2.24) is 0 Å². The van der Waals surface area contributed by atoms with Crippen molar-refractivity contribution in [2.75, 3.05) is 24.9 Å². The highest BCUT2D eigenvalue weighted by molar-refractivity contribution is 6.06. The lowest BCUT2D eigenvalue weighted by atomic mass is 9.96. The van der Waals surface area contributed by atoms with Gasteiger partial charge in [0.1, 0.15) is 0 Å². The number of benzene rings is 1. The van der Waals surface area contributed by atoms with Gasteiger partial charge in [-0.1, -0.05) is 0 Å². The van der Waals surface area contributed by atoms with Crippen LogP contribution in [-0.2, 0) is 4.79 Å². The third kappa shape index (κ3) is 2.00. The molecule has 2 rings (SSSR count). The molecule has 0 saturated heterocycles. The van der Waals surface area contributed by atoms with Crippen LogP contribution in [0.1, 0.15) is 6.92 Å². The Morgan fingerprint density at radius 3 is 2.05 bits per heavy atom. The summed E-state index contributed by atoms with van der Waals surface area (Å²) in [5, 5.41) is 4.44. The number of nitrogens with one attached hydrogen (secondary N) is 2. The molecule has 0 fully saturated rings. The molecule has 0 aromatic heterocycles. The molecule has 110 valence electrons. The highest BCUT2D eigenvalue weighted by atomic mass is 19.4. The van der Waals surface area contributed by atoms with Crippen LogP contribution < -0.4 is 20.1 Å². The van der Waals surface area contributed by atoms with Crippen molar-refractivity contribution in [2.24, 2.45) is 0 Å². The van der Waals surface area contributed by atoms with Crippen molar-refractivity contribution in [1.29, 1.82) is 0 Å². The minimum Gasteiger partial charge on any atom is -0.493 e. The molecular formula is C12H13F3N2O3. The van der Waals surface area contributed by atoms with Crippen molar-refractivity contribution in [2.45, 2.75) is 18.6 Å². The molecule has 1 atom stereocenters. The summed E-state index contributed by atoms with van der Waals surface area (Å²) in [4.78, 5) is 11.7. The van der Waals surface area contributed by atoms with E-state index in [1.165, 1.54) is 26.4 Å². The van der Waals surface area contributed by atoms with E-state index in [-0.39, 0.29) is 17.1 Å². The number of amides is 1. The first-order valence-corrected chi connectivity index (χ1v) is 5.65. The fourth-order valence-corrected chi connectivity index (χ4v) is 1.86. The van der Waals surface area contributed by atoms with Crippen LogP contribution in [0.4, 0.5) is 24.5 Å². The maximum absolute atomic E-state index is 13.0. The van der Waals surface area contributed by atoms with Crippen molar-refractivity contribution >= 4 is 17.3 Å². The number of methoxy groups -OCH3 is 2. The lowest BCUT2D eigenvalue weighted by molar-refractivity contribution is -0.179. The highest BCUT2D eigenvalue weighted by Gasteiger charge is 2.58. The number of anilines is 2. The molecule has 0 saturated carbocycles. The average molecular weight is 290 g/mol. The van der Waals surface area contributed by atoms with Crippen LogP contribution >= 0.6 is 0 Å². The number of halogens is 3. The van der Waals surface area contributed by atoms with Gasteiger partial charge >= 0.3 is 6.18 Å². The largest absolute Gasteiger partial charge is 0.493 e. The zero-order valence-corrected chi connectivity index (χ0v) is 11.0. The summed E-state index contributed by atoms with van der Waals surface area (Å²) >= 11 is 0. The van der Waals surface area contributed by atoms with Crippen LogP contribution in [-0.4, -0.2) is 31.8 Å². The number of fused-ring (bicyclic) bond motifs is 1. The van der Waals surface area contributed by atoms with E-state index in [4.69, 9.17) is 9.47 Å². The molecule has 1 unspecified atom stereocenters. The molecule has 0 bridgehead atoms. The van der Waals surface area contributed by atoms with Gasteiger partial charge < -0.3 is 20.1 Å². The predicted octanol–water partition coefficient (Wildman–Crippen LogP) is 2.39. The lowest BCUT2D eigenvalue weighted by Gasteiger charge is -2.37. The fourth-order valence-electron chi connectivity index (χ4n) is 1.86. The third-order valence-corrected chi connectivity index (χ3v) is 3.18. The van der Waals surface area contributed by atoms with Crippen LogP contribution in [0.25, 0.3) is 0 Å². The highest BCUT2D eigenvalue weighted by Crippen LogP contribution is 2.44. The Labute approximate surface area is 113 Å². The zero-order chi connectivity index (χ0) is 15.1. The quantitative estimate of drug-likeness (QED) is 0.878. The number of carbonyl (C=O) groups excluding carboxylic acids is 1. The molecule has 1 aliphatic rings. The Morgan fingerprint density at radius 1 is 1.10 bits per heavy atom. The Balaban J connectivity index is 2.51. The Bertz CT molecular complexity index is 560. The molecule has 5 nitrogen and oxygen atoms in total. The van der Waals surface area contributed by atoms with Gasteiger partial charge in [-0.05, 0) is 6.92 Å². The van der Waals surface area contributed by atoms with Gasteiger partial charge in [-0.15, -0.1) is 0 Å². The summed E-state index contributed by atoms with van der Waals surface area (Å²) in [6.45, 7) is 0.780. The molecule has 1 heterocycles. The van der Waals surface area contributed by atoms with Gasteiger partial charge in [0, 0.05) is 12.1 Å². The van der Waals surface area contributed by atoms with Gasteiger partial charge in [-0.3, -0.25) is 4.79 Å². The predicted molar refractivity (Wildman–Crippen MR) is 66.3 cm³/mol. The van der Waals surface area contributed by atoms with Crippen molar-refractivity contribution < 1.29 is 27.4 Å². The first kappa shape index (κ1) is 14.3. The minimum absolute atomic E-state index is 0.113. The number of hydrogen-bond donors (Lipinski definition) is 2. The topological polar surface area (TPSA) is 59.6 Å². The molecule has 1 amide bonds. The molecule has 8 heteroatoms. The molecule has 1 aromatic rings. The van der Waals surface area contributed by atoms with Gasteiger partial charge in [-0.2, -0.15) is 13.2 Å². The number of hydrogen-bond acceptors (Lipinski definition) is 4. The van der Waals surface area contributed by atoms with E-state index >= 15 is 0 Å². The molecule has 1 aliphatic heterocycles. The summed E-state index contributed by atoms with van der Waals surface area (Å²) in [5.41, 5.74) is -2.38. The molecule has 20 heavy (non-hydrogen) atoms. The van der Waals surface area contributed by atoms with Gasteiger partial charge in [0.25, 0.3) is 5.91 Å². The monoisotopic (exact) mass is 290 g/mol. The van der Waals surface area contributed by atoms with Crippen LogP contribution in [0.3, 0.4) is 0 Å². The van der Waals surface area contributed by atoms with Crippen molar-refractivity contribution in [3.05, 3.63) is 12.1 Å². The SMILES string of the molecule is COc1cc2c(cc1OC)NC(C)(C(F)(F)F)C(=O)N2. The van der Waals surface area contributed by atoms with Gasteiger partial charge in [0.05, 0.1) is 25.6 Å². The number of carbonyl (C=O) groups is 1. The van der Waals surface area contributed by atoms with Crippen molar-refractivity contribution in [3.8, 4) is 11.5 Å². The van der Waals surface area contributed by atoms with Gasteiger partial charge in [0.2, 0.25) is 5.54 Å². The number of rotatable bonds is 2. The summed E-state index contributed by atoms with van der Waals surface area (Å²) in [6, 6.07) is 2.74. The summed E-state index contributed by atoms with van der Waals surface area (Å²) in [7, 11) is 2.76. The van der Waals surface area contributed by atoms with E-state index in [0.717, 1.165) is 6.92 Å². The third-order valence-electron chi connectivity index (χ3n) is 3.18. The van der Waals surface area contributed by atoms with Gasteiger partial charge in [-0.25, -0.2) is 0 Å². The minimum atomic E-state index is -4.73. The van der Waals surface area contributed by atoms with E-state index in [9.17, 15) is 18.0 Å². The molecule has 1 aromatic carbocycles. The second-order valence-electron chi connectivity index (χ2n) is 4.45. The lowest BCUT2D eigenvalue weighted by Crippen LogP contribution is -2.60. The zero-order valence-electron chi connectivity index (χ0n) is 11.0. The first-order chi connectivity index (χ1) is 9.22. The summed E-state index contributed by atoms with van der Waals surface area (Å²) in [6.07, 6.45) is -4.73. The molecule has 2 N–H and O–H groups in total. The van der Waals surface area contributed by atoms with Gasteiger partial charge in [0.15, 0.2) is 11.5 Å². The van der Waals surface area contributed by atoms with E-state index in [1.54, 1.807) is 0 Å². The summed E-state index contributed by atoms with van der Waals surface area (Å²) in [5.74, 6) is -0.604. The molecule has 0 spiro atoms. The van der Waals surface area contributed by atoms with Crippen LogP contribution in [0.2, 0.25) is 0 Å². The maximum atomic E-state index is 13.0. The van der Waals surface area contributed by atoms with Crippen LogP contribution in [0, 0.1) is 0 Å². The molecule has 0 radical (unpaired) electrons. The van der Waals surface area contributed by atoms with E-state index in [0.29, 0.717) is 5.75 Å².